The molecule has 0 aliphatic heterocycles. The molecule has 0 saturated heterocycles. The zero-order chi connectivity index (χ0) is 11.5. The van der Waals surface area contributed by atoms with Crippen LogP contribution in [0.3, 0.4) is 0 Å². The molecule has 0 spiro atoms. The first-order valence-corrected chi connectivity index (χ1v) is 8.76. The average molecular weight is 218 g/mol. The summed E-state index contributed by atoms with van der Waals surface area (Å²) in [6.45, 7) is 11.7. The summed E-state index contributed by atoms with van der Waals surface area (Å²) in [5, 5.41) is 1.55. The van der Waals surface area contributed by atoms with Crippen LogP contribution in [0.4, 0.5) is 0 Å². The van der Waals surface area contributed by atoms with Gasteiger partial charge in [-0.05, 0) is 19.4 Å². The van der Waals surface area contributed by atoms with Crippen molar-refractivity contribution in [1.29, 1.82) is 0 Å². The lowest BCUT2D eigenvalue weighted by Gasteiger charge is -2.31. The minimum atomic E-state index is -1.34. The Balaban J connectivity index is 3.03. The van der Waals surface area contributed by atoms with Crippen molar-refractivity contribution in [2.45, 2.75) is 39.4 Å². The Bertz CT molecular complexity index is 336. The van der Waals surface area contributed by atoms with E-state index in [1.807, 2.05) is 0 Å². The first-order valence-electron chi connectivity index (χ1n) is 5.68. The van der Waals surface area contributed by atoms with Crippen molar-refractivity contribution in [2.24, 2.45) is 0 Å². The summed E-state index contributed by atoms with van der Waals surface area (Å²) in [5.41, 5.74) is 2.24. The van der Waals surface area contributed by atoms with Crippen LogP contribution in [0.25, 0.3) is 0 Å². The van der Waals surface area contributed by atoms with Gasteiger partial charge in [0.25, 0.3) is 0 Å². The number of rotatable bonds is 3. The molecule has 82 valence electrons. The summed E-state index contributed by atoms with van der Waals surface area (Å²) in [6, 6.07) is 11.0. The van der Waals surface area contributed by atoms with Crippen LogP contribution < -0.4 is 5.19 Å². The van der Waals surface area contributed by atoms with Crippen molar-refractivity contribution in [3.05, 3.63) is 42.0 Å². The van der Waals surface area contributed by atoms with Gasteiger partial charge in [0, 0.05) is 0 Å². The molecule has 0 nitrogen and oxygen atoms in total. The van der Waals surface area contributed by atoms with E-state index in [2.05, 4.69) is 70.3 Å². The van der Waals surface area contributed by atoms with Crippen molar-refractivity contribution in [2.75, 3.05) is 0 Å². The van der Waals surface area contributed by atoms with E-state index < -0.39 is 8.07 Å². The maximum Gasteiger partial charge on any atom is 0.0873 e. The molecular formula is C14H22Si. The molecule has 1 atom stereocenters. The Morgan fingerprint density at radius 2 is 1.73 bits per heavy atom. The van der Waals surface area contributed by atoms with Gasteiger partial charge < -0.3 is 0 Å². The van der Waals surface area contributed by atoms with Crippen LogP contribution in [0.1, 0.15) is 20.8 Å². The van der Waals surface area contributed by atoms with Crippen molar-refractivity contribution < 1.29 is 0 Å². The molecular weight excluding hydrogens is 196 g/mol. The van der Waals surface area contributed by atoms with Crippen LogP contribution >= 0.6 is 0 Å². The van der Waals surface area contributed by atoms with Crippen molar-refractivity contribution in [3.8, 4) is 0 Å². The van der Waals surface area contributed by atoms with Crippen LogP contribution in [0.5, 0.6) is 0 Å². The summed E-state index contributed by atoms with van der Waals surface area (Å²) in [6.07, 6.45) is 2.25. The average Bonchev–Trinajstić information content (AvgIpc) is 2.28. The lowest BCUT2D eigenvalue weighted by atomic mass is 10.2. The Hall–Kier alpha value is -0.823. The topological polar surface area (TPSA) is 0 Å². The summed E-state index contributed by atoms with van der Waals surface area (Å²) < 4.78 is 0. The van der Waals surface area contributed by atoms with Gasteiger partial charge in [0.2, 0.25) is 0 Å². The molecule has 0 amide bonds. The van der Waals surface area contributed by atoms with E-state index in [0.717, 1.165) is 0 Å². The Morgan fingerprint density at radius 3 is 2.20 bits per heavy atom. The fourth-order valence-electron chi connectivity index (χ4n) is 1.94. The highest BCUT2D eigenvalue weighted by Crippen LogP contribution is 2.28. The zero-order valence-corrected chi connectivity index (χ0v) is 11.5. The van der Waals surface area contributed by atoms with Gasteiger partial charge in [-0.25, -0.2) is 0 Å². The second-order valence-electron chi connectivity index (χ2n) is 4.84. The van der Waals surface area contributed by atoms with E-state index in [0.29, 0.717) is 5.54 Å². The van der Waals surface area contributed by atoms with Crippen LogP contribution in [0.15, 0.2) is 42.0 Å². The number of hydrogen-bond donors (Lipinski definition) is 0. The fourth-order valence-corrected chi connectivity index (χ4v) is 4.79. The second-order valence-corrected chi connectivity index (χ2v) is 9.73. The first kappa shape index (κ1) is 12.2. The normalized spacial score (nSPS) is 15.1. The van der Waals surface area contributed by atoms with E-state index >= 15 is 0 Å². The molecule has 15 heavy (non-hydrogen) atoms. The highest BCUT2D eigenvalue weighted by molar-refractivity contribution is 6.91. The van der Waals surface area contributed by atoms with E-state index in [1.165, 1.54) is 5.57 Å². The third-order valence-electron chi connectivity index (χ3n) is 3.74. The van der Waals surface area contributed by atoms with E-state index in [9.17, 15) is 0 Å². The zero-order valence-electron chi connectivity index (χ0n) is 10.5. The molecule has 1 rings (SSSR count). The molecule has 0 N–H and O–H groups in total. The molecule has 0 fully saturated rings. The maximum atomic E-state index is 2.46. The maximum absolute atomic E-state index is 2.46. The van der Waals surface area contributed by atoms with Crippen LogP contribution in [-0.4, -0.2) is 8.07 Å². The van der Waals surface area contributed by atoms with E-state index in [1.54, 1.807) is 5.19 Å². The fraction of sp³-hybridized carbons (Fsp3) is 0.429. The van der Waals surface area contributed by atoms with Gasteiger partial charge in [-0.2, -0.15) is 0 Å². The summed E-state index contributed by atoms with van der Waals surface area (Å²) >= 11 is 0. The van der Waals surface area contributed by atoms with Crippen molar-refractivity contribution >= 4 is 13.3 Å². The van der Waals surface area contributed by atoms with E-state index in [-0.39, 0.29) is 0 Å². The minimum absolute atomic E-state index is 0.713. The third-order valence-corrected chi connectivity index (χ3v) is 8.18. The Labute approximate surface area is 95.0 Å². The third kappa shape index (κ3) is 2.60. The Morgan fingerprint density at radius 1 is 1.20 bits per heavy atom. The van der Waals surface area contributed by atoms with Gasteiger partial charge >= 0.3 is 0 Å². The minimum Gasteiger partial charge on any atom is -0.0887 e. The molecule has 0 radical (unpaired) electrons. The number of hydrogen-bond acceptors (Lipinski definition) is 0. The van der Waals surface area contributed by atoms with Gasteiger partial charge in [-0.3, -0.25) is 0 Å². The summed E-state index contributed by atoms with van der Waals surface area (Å²) in [7, 11) is -1.34. The van der Waals surface area contributed by atoms with Gasteiger partial charge in [0.1, 0.15) is 0 Å². The number of allylic oxidation sites excluding steroid dienone is 2. The monoisotopic (exact) mass is 218 g/mol. The predicted molar refractivity (Wildman–Crippen MR) is 72.4 cm³/mol. The van der Waals surface area contributed by atoms with Crippen molar-refractivity contribution in [1.82, 2.24) is 0 Å². The van der Waals surface area contributed by atoms with Crippen LogP contribution in [0.2, 0.25) is 18.6 Å². The molecule has 0 saturated carbocycles. The second kappa shape index (κ2) is 4.80. The van der Waals surface area contributed by atoms with Crippen LogP contribution in [0, 0.1) is 0 Å². The lowest BCUT2D eigenvalue weighted by molar-refractivity contribution is 1.03. The van der Waals surface area contributed by atoms with Gasteiger partial charge in [0.15, 0.2) is 0 Å². The SMILES string of the molecule is C/C=C(\C)C(C)[Si](C)(C)c1ccccc1. The van der Waals surface area contributed by atoms with Crippen molar-refractivity contribution in [3.63, 3.8) is 0 Å². The molecule has 1 unspecified atom stereocenters. The standard InChI is InChI=1S/C14H22Si/c1-6-12(2)13(3)15(4,5)14-10-8-7-9-11-14/h6-11,13H,1-5H3/b12-6+. The molecule has 0 aliphatic rings. The molecule has 0 bridgehead atoms. The molecule has 0 aliphatic carbocycles. The molecule has 0 heterocycles. The predicted octanol–water partition coefficient (Wildman–Crippen LogP) is 3.96. The van der Waals surface area contributed by atoms with Crippen LogP contribution in [-0.2, 0) is 0 Å². The highest BCUT2D eigenvalue weighted by atomic mass is 28.3. The number of benzene rings is 1. The largest absolute Gasteiger partial charge is 0.0887 e. The van der Waals surface area contributed by atoms with Gasteiger partial charge in [0.05, 0.1) is 8.07 Å². The smallest absolute Gasteiger partial charge is 0.0873 e. The highest BCUT2D eigenvalue weighted by Gasteiger charge is 2.30. The molecule has 0 aromatic heterocycles. The first-order chi connectivity index (χ1) is 7.00. The molecule has 1 aromatic rings. The summed E-state index contributed by atoms with van der Waals surface area (Å²) in [5.74, 6) is 0. The molecule has 1 aromatic carbocycles. The molecule has 1 heteroatoms. The lowest BCUT2D eigenvalue weighted by Crippen LogP contribution is -2.45. The van der Waals surface area contributed by atoms with Gasteiger partial charge in [-0.15, -0.1) is 0 Å². The Kier molecular flexibility index (Phi) is 3.92. The summed E-state index contributed by atoms with van der Waals surface area (Å²) in [4.78, 5) is 0. The quantitative estimate of drug-likeness (QED) is 0.532. The van der Waals surface area contributed by atoms with Gasteiger partial charge in [-0.1, -0.05) is 67.2 Å². The van der Waals surface area contributed by atoms with E-state index in [4.69, 9.17) is 0 Å².